The van der Waals surface area contributed by atoms with E-state index in [0.717, 1.165) is 60.6 Å². The first-order valence-electron chi connectivity index (χ1n) is 12.9. The van der Waals surface area contributed by atoms with Crippen LogP contribution in [-0.2, 0) is 6.54 Å². The van der Waals surface area contributed by atoms with Crippen LogP contribution in [0.25, 0.3) is 22.0 Å². The van der Waals surface area contributed by atoms with Crippen molar-refractivity contribution in [3.63, 3.8) is 0 Å². The van der Waals surface area contributed by atoms with Crippen LogP contribution in [0.4, 0.5) is 11.5 Å². The molecule has 1 amide bonds. The summed E-state index contributed by atoms with van der Waals surface area (Å²) in [4.78, 5) is 26.9. The number of anilines is 2. The van der Waals surface area contributed by atoms with Gasteiger partial charge >= 0.3 is 0 Å². The molecule has 6 rings (SSSR count). The van der Waals surface area contributed by atoms with Crippen LogP contribution >= 0.6 is 0 Å². The molecule has 2 aliphatic heterocycles. The topological polar surface area (TPSA) is 90.0 Å². The highest BCUT2D eigenvalue weighted by Crippen LogP contribution is 2.27. The van der Waals surface area contributed by atoms with Crippen molar-refractivity contribution in [2.75, 3.05) is 36.4 Å². The van der Waals surface area contributed by atoms with Crippen LogP contribution in [0.1, 0.15) is 48.2 Å². The number of nitrogens with zero attached hydrogens (tertiary/aromatic N) is 5. The quantitative estimate of drug-likeness (QED) is 0.409. The molecular formula is C28H31N7O. The van der Waals surface area contributed by atoms with Crippen LogP contribution in [0.15, 0.2) is 55.0 Å². The summed E-state index contributed by atoms with van der Waals surface area (Å²) < 4.78 is 0. The van der Waals surface area contributed by atoms with Gasteiger partial charge in [0.15, 0.2) is 5.69 Å². The standard InChI is InChI=1S/C28H31N7O/c36-28(31-23-7-9-26(30-18-23)35-12-2-1-3-13-35)27-24-15-21(6-8-25(24)32-33-27)22-14-20(16-29-17-22)19-34-10-4-5-11-34/h6-9,14-18H,1-5,10-13,19H2,(H,31,36)(H,32,33). The lowest BCUT2D eigenvalue weighted by molar-refractivity contribution is 0.102. The lowest BCUT2D eigenvalue weighted by Crippen LogP contribution is -2.30. The van der Waals surface area contributed by atoms with E-state index in [1.165, 1.54) is 37.7 Å². The number of hydrogen-bond acceptors (Lipinski definition) is 6. The Morgan fingerprint density at radius 1 is 0.889 bits per heavy atom. The molecule has 2 fully saturated rings. The van der Waals surface area contributed by atoms with Crippen LogP contribution in [0, 0.1) is 0 Å². The number of carbonyl (C=O) groups is 1. The first-order chi connectivity index (χ1) is 17.7. The Kier molecular flexibility index (Phi) is 6.34. The number of carbonyl (C=O) groups excluding carboxylic acids is 1. The predicted octanol–water partition coefficient (Wildman–Crippen LogP) is 4.86. The smallest absolute Gasteiger partial charge is 0.276 e. The molecular weight excluding hydrogens is 450 g/mol. The minimum atomic E-state index is -0.258. The van der Waals surface area contributed by atoms with Gasteiger partial charge in [-0.25, -0.2) is 4.98 Å². The monoisotopic (exact) mass is 481 g/mol. The molecule has 0 aliphatic carbocycles. The molecule has 2 saturated heterocycles. The zero-order valence-electron chi connectivity index (χ0n) is 20.4. The Hall–Kier alpha value is -3.78. The van der Waals surface area contributed by atoms with Gasteiger partial charge in [0.05, 0.1) is 17.4 Å². The number of benzene rings is 1. The maximum atomic E-state index is 13.1. The molecule has 3 aromatic heterocycles. The second-order valence-corrected chi connectivity index (χ2v) is 9.80. The third-order valence-electron chi connectivity index (χ3n) is 7.20. The summed E-state index contributed by atoms with van der Waals surface area (Å²) in [5.41, 5.74) is 5.11. The molecule has 8 nitrogen and oxygen atoms in total. The molecule has 0 radical (unpaired) electrons. The molecule has 2 N–H and O–H groups in total. The lowest BCUT2D eigenvalue weighted by Gasteiger charge is -2.27. The van der Waals surface area contributed by atoms with Crippen LogP contribution < -0.4 is 10.2 Å². The summed E-state index contributed by atoms with van der Waals surface area (Å²) in [5.74, 6) is 0.704. The largest absolute Gasteiger partial charge is 0.357 e. The molecule has 0 atom stereocenters. The second kappa shape index (κ2) is 10.1. The fourth-order valence-corrected chi connectivity index (χ4v) is 5.26. The highest BCUT2D eigenvalue weighted by molar-refractivity contribution is 6.11. The Balaban J connectivity index is 1.20. The molecule has 0 saturated carbocycles. The molecule has 8 heteroatoms. The van der Waals surface area contributed by atoms with Gasteiger partial charge in [0.25, 0.3) is 5.91 Å². The predicted molar refractivity (Wildman–Crippen MR) is 142 cm³/mol. The normalized spacial score (nSPS) is 16.5. The SMILES string of the molecule is O=C(Nc1ccc(N2CCCCC2)nc1)c1n[nH]c2ccc(-c3cncc(CN4CCCC4)c3)cc12. The summed E-state index contributed by atoms with van der Waals surface area (Å²) in [5, 5.41) is 11.0. The van der Waals surface area contributed by atoms with E-state index in [4.69, 9.17) is 0 Å². The number of piperidine rings is 1. The van der Waals surface area contributed by atoms with E-state index >= 15 is 0 Å². The van der Waals surface area contributed by atoms with E-state index in [-0.39, 0.29) is 5.91 Å². The van der Waals surface area contributed by atoms with Crippen molar-refractivity contribution in [3.8, 4) is 11.1 Å². The van der Waals surface area contributed by atoms with Gasteiger partial charge in [-0.2, -0.15) is 5.10 Å². The van der Waals surface area contributed by atoms with E-state index in [9.17, 15) is 4.79 Å². The fourth-order valence-electron chi connectivity index (χ4n) is 5.26. The molecule has 0 bridgehead atoms. The van der Waals surface area contributed by atoms with Crippen LogP contribution in [0.5, 0.6) is 0 Å². The molecule has 5 heterocycles. The lowest BCUT2D eigenvalue weighted by atomic mass is 10.0. The van der Waals surface area contributed by atoms with Gasteiger partial charge < -0.3 is 10.2 Å². The molecule has 0 spiro atoms. The molecule has 36 heavy (non-hydrogen) atoms. The van der Waals surface area contributed by atoms with E-state index in [2.05, 4.69) is 41.3 Å². The second-order valence-electron chi connectivity index (χ2n) is 9.80. The summed E-state index contributed by atoms with van der Waals surface area (Å²) in [6.07, 6.45) is 11.8. The highest BCUT2D eigenvalue weighted by atomic mass is 16.1. The number of fused-ring (bicyclic) bond motifs is 1. The van der Waals surface area contributed by atoms with Crippen molar-refractivity contribution >= 4 is 28.3 Å². The van der Waals surface area contributed by atoms with Gasteiger partial charge in [0, 0.05) is 43.0 Å². The molecule has 0 unspecified atom stereocenters. The fraction of sp³-hybridized carbons (Fsp3) is 0.357. The number of H-pyrrole nitrogens is 1. The highest BCUT2D eigenvalue weighted by Gasteiger charge is 2.17. The zero-order valence-corrected chi connectivity index (χ0v) is 20.4. The van der Waals surface area contributed by atoms with E-state index < -0.39 is 0 Å². The zero-order chi connectivity index (χ0) is 24.3. The van der Waals surface area contributed by atoms with E-state index in [0.29, 0.717) is 11.4 Å². The average molecular weight is 482 g/mol. The van der Waals surface area contributed by atoms with Gasteiger partial charge in [0.1, 0.15) is 5.82 Å². The van der Waals surface area contributed by atoms with Gasteiger partial charge in [-0.1, -0.05) is 6.07 Å². The van der Waals surface area contributed by atoms with Crippen molar-refractivity contribution in [2.45, 2.75) is 38.6 Å². The number of amides is 1. The van der Waals surface area contributed by atoms with E-state index in [1.807, 2.05) is 42.7 Å². The summed E-state index contributed by atoms with van der Waals surface area (Å²) in [7, 11) is 0. The Labute approximate surface area is 210 Å². The van der Waals surface area contributed by atoms with Crippen LogP contribution in [-0.4, -0.2) is 57.2 Å². The van der Waals surface area contributed by atoms with Gasteiger partial charge in [-0.15, -0.1) is 0 Å². The number of hydrogen-bond donors (Lipinski definition) is 2. The van der Waals surface area contributed by atoms with Gasteiger partial charge in [-0.3, -0.25) is 19.8 Å². The Morgan fingerprint density at radius 3 is 2.53 bits per heavy atom. The molecule has 184 valence electrons. The Morgan fingerprint density at radius 2 is 1.72 bits per heavy atom. The van der Waals surface area contributed by atoms with Crippen LogP contribution in [0.3, 0.4) is 0 Å². The number of rotatable bonds is 6. The first kappa shape index (κ1) is 22.7. The van der Waals surface area contributed by atoms with E-state index in [1.54, 1.807) is 6.20 Å². The summed E-state index contributed by atoms with van der Waals surface area (Å²) in [6.45, 7) is 5.31. The maximum Gasteiger partial charge on any atom is 0.276 e. The van der Waals surface area contributed by atoms with Gasteiger partial charge in [-0.05, 0) is 86.7 Å². The number of aromatic nitrogens is 4. The van der Waals surface area contributed by atoms with Crippen molar-refractivity contribution in [2.24, 2.45) is 0 Å². The summed E-state index contributed by atoms with van der Waals surface area (Å²) >= 11 is 0. The van der Waals surface area contributed by atoms with Crippen molar-refractivity contribution in [3.05, 3.63) is 66.2 Å². The van der Waals surface area contributed by atoms with Gasteiger partial charge in [0.2, 0.25) is 0 Å². The molecule has 2 aliphatic rings. The molecule has 4 aromatic rings. The number of pyridine rings is 2. The Bertz CT molecular complexity index is 1350. The first-order valence-corrected chi connectivity index (χ1v) is 12.9. The van der Waals surface area contributed by atoms with Crippen molar-refractivity contribution < 1.29 is 4.79 Å². The molecule has 1 aromatic carbocycles. The number of nitrogens with one attached hydrogen (secondary N) is 2. The minimum Gasteiger partial charge on any atom is -0.357 e. The third kappa shape index (κ3) is 4.81. The minimum absolute atomic E-state index is 0.258. The van der Waals surface area contributed by atoms with Crippen molar-refractivity contribution in [1.29, 1.82) is 0 Å². The average Bonchev–Trinajstić information content (AvgIpc) is 3.59. The van der Waals surface area contributed by atoms with Crippen LogP contribution in [0.2, 0.25) is 0 Å². The number of likely N-dealkylation sites (tertiary alicyclic amines) is 1. The third-order valence-corrected chi connectivity index (χ3v) is 7.20. The number of aromatic amines is 1. The summed E-state index contributed by atoms with van der Waals surface area (Å²) in [6, 6.07) is 12.1. The van der Waals surface area contributed by atoms with Crippen molar-refractivity contribution in [1.82, 2.24) is 25.1 Å². The maximum absolute atomic E-state index is 13.1.